The molecule has 16 heteroatoms. The van der Waals surface area contributed by atoms with E-state index in [-0.39, 0.29) is 23.5 Å². The fourth-order valence-electron chi connectivity index (χ4n) is 5.52. The predicted molar refractivity (Wildman–Crippen MR) is 157 cm³/mol. The van der Waals surface area contributed by atoms with Crippen molar-refractivity contribution in [3.63, 3.8) is 0 Å². The van der Waals surface area contributed by atoms with Crippen LogP contribution in [0.2, 0.25) is 0 Å². The van der Waals surface area contributed by atoms with Crippen LogP contribution in [0.15, 0.2) is 60.8 Å². The molecular weight excluding hydrogens is 622 g/mol. The van der Waals surface area contributed by atoms with Crippen LogP contribution in [0, 0.1) is 10.1 Å². The normalized spacial score (nSPS) is 19.0. The number of halogens is 6. The van der Waals surface area contributed by atoms with Crippen molar-refractivity contribution in [2.45, 2.75) is 50.2 Å². The largest absolute Gasteiger partial charge is 0.474 e. The van der Waals surface area contributed by atoms with Gasteiger partial charge in [-0.1, -0.05) is 0 Å². The van der Waals surface area contributed by atoms with Crippen molar-refractivity contribution >= 4 is 28.8 Å². The van der Waals surface area contributed by atoms with E-state index in [1.807, 2.05) is 6.07 Å². The van der Waals surface area contributed by atoms with Crippen LogP contribution >= 0.6 is 0 Å². The lowest BCUT2D eigenvalue weighted by Crippen LogP contribution is -2.50. The highest BCUT2D eigenvalue weighted by Crippen LogP contribution is 2.38. The molecule has 46 heavy (non-hydrogen) atoms. The number of carbonyl (C=O) groups excluding carboxylic acids is 1. The number of carbonyl (C=O) groups is 1. The molecule has 2 aliphatic rings. The Labute approximate surface area is 259 Å². The number of nitrogens with zero attached hydrogens (tertiary/aromatic N) is 4. The number of hydrogen-bond acceptors (Lipinski definition) is 7. The Hall–Kier alpha value is -4.76. The van der Waals surface area contributed by atoms with Crippen molar-refractivity contribution in [2.24, 2.45) is 0 Å². The summed E-state index contributed by atoms with van der Waals surface area (Å²) >= 11 is 0. The van der Waals surface area contributed by atoms with Gasteiger partial charge in [0.05, 0.1) is 10.5 Å². The zero-order valence-corrected chi connectivity index (χ0v) is 24.3. The summed E-state index contributed by atoms with van der Waals surface area (Å²) in [6.07, 6.45) is -5.39. The smallest absolute Gasteiger partial charge is 0.423 e. The highest BCUT2D eigenvalue weighted by atomic mass is 19.4. The zero-order chi connectivity index (χ0) is 33.1. The molecule has 1 saturated heterocycles. The average Bonchev–Trinajstić information content (AvgIpc) is 3.01. The predicted octanol–water partition coefficient (Wildman–Crippen LogP) is 7.18. The maximum Gasteiger partial charge on any atom is 0.423 e. The van der Waals surface area contributed by atoms with Crippen molar-refractivity contribution in [2.75, 3.05) is 41.7 Å². The molecule has 2 N–H and O–H groups in total. The molecule has 2 aromatic carbocycles. The van der Waals surface area contributed by atoms with Gasteiger partial charge in [0.1, 0.15) is 11.7 Å². The Morgan fingerprint density at radius 1 is 0.870 bits per heavy atom. The quantitative estimate of drug-likeness (QED) is 0.158. The number of pyridine rings is 1. The summed E-state index contributed by atoms with van der Waals surface area (Å²) in [5.74, 6) is 0.418. The second kappa shape index (κ2) is 13.3. The molecule has 5 rings (SSSR count). The van der Waals surface area contributed by atoms with Crippen LogP contribution in [0.4, 0.5) is 53.9 Å². The van der Waals surface area contributed by atoms with Crippen LogP contribution in [0.1, 0.15) is 36.8 Å². The third kappa shape index (κ3) is 8.09. The number of amides is 2. The Balaban J connectivity index is 1.09. The van der Waals surface area contributed by atoms with Gasteiger partial charge >= 0.3 is 18.4 Å². The van der Waals surface area contributed by atoms with E-state index in [0.717, 1.165) is 30.0 Å². The summed E-state index contributed by atoms with van der Waals surface area (Å²) in [4.78, 5) is 30.6. The monoisotopic (exact) mass is 652 g/mol. The molecule has 1 aromatic heterocycles. The van der Waals surface area contributed by atoms with Crippen LogP contribution in [0.3, 0.4) is 0 Å². The summed E-state index contributed by atoms with van der Waals surface area (Å²) in [5, 5.41) is 16.7. The van der Waals surface area contributed by atoms with Gasteiger partial charge in [0.15, 0.2) is 0 Å². The molecule has 3 aromatic rings. The first kappa shape index (κ1) is 32.6. The number of nitro benzene ring substituents is 1. The summed E-state index contributed by atoms with van der Waals surface area (Å²) < 4.78 is 84.5. The summed E-state index contributed by atoms with van der Waals surface area (Å²) in [7, 11) is 0. The molecule has 0 unspecified atom stereocenters. The van der Waals surface area contributed by atoms with E-state index in [2.05, 4.69) is 20.5 Å². The minimum absolute atomic E-state index is 0.130. The first-order valence-corrected chi connectivity index (χ1v) is 14.5. The Morgan fingerprint density at radius 2 is 1.52 bits per heavy atom. The number of urea groups is 1. The van der Waals surface area contributed by atoms with Crippen LogP contribution in [0.25, 0.3) is 0 Å². The molecule has 246 valence electrons. The second-order valence-electron chi connectivity index (χ2n) is 11.1. The van der Waals surface area contributed by atoms with Gasteiger partial charge in [0.2, 0.25) is 5.88 Å². The highest BCUT2D eigenvalue weighted by Gasteiger charge is 2.38. The molecule has 0 bridgehead atoms. The molecule has 1 aliphatic carbocycles. The summed E-state index contributed by atoms with van der Waals surface area (Å²) in [6.45, 7) is 1.81. The van der Waals surface area contributed by atoms with E-state index in [1.165, 1.54) is 18.2 Å². The van der Waals surface area contributed by atoms with Gasteiger partial charge in [-0.25, -0.2) is 9.78 Å². The number of ether oxygens (including phenoxy) is 1. The van der Waals surface area contributed by atoms with Crippen molar-refractivity contribution in [1.29, 1.82) is 0 Å². The third-order valence-corrected chi connectivity index (χ3v) is 7.95. The van der Waals surface area contributed by atoms with Crippen molar-refractivity contribution in [3.05, 3.63) is 82.0 Å². The van der Waals surface area contributed by atoms with Gasteiger partial charge in [-0.2, -0.15) is 26.3 Å². The average molecular weight is 653 g/mol. The van der Waals surface area contributed by atoms with E-state index in [9.17, 15) is 41.3 Å². The van der Waals surface area contributed by atoms with Crippen molar-refractivity contribution in [1.82, 2.24) is 9.88 Å². The number of alkyl halides is 6. The number of hydrogen-bond donors (Lipinski definition) is 2. The van der Waals surface area contributed by atoms with Crippen molar-refractivity contribution < 1.29 is 40.8 Å². The summed E-state index contributed by atoms with van der Waals surface area (Å²) in [6, 6.07) is 10.2. The Morgan fingerprint density at radius 3 is 2.13 bits per heavy atom. The molecule has 2 heterocycles. The molecule has 0 atom stereocenters. The van der Waals surface area contributed by atoms with Crippen LogP contribution in [0.5, 0.6) is 5.88 Å². The fraction of sp³-hybridized carbons (Fsp3) is 0.400. The minimum Gasteiger partial charge on any atom is -0.474 e. The maximum absolute atomic E-state index is 13.3. The van der Waals surface area contributed by atoms with E-state index in [1.54, 1.807) is 17.2 Å². The lowest BCUT2D eigenvalue weighted by Gasteiger charge is -2.36. The van der Waals surface area contributed by atoms with Gasteiger partial charge in [-0.15, -0.1) is 0 Å². The second-order valence-corrected chi connectivity index (χ2v) is 11.1. The van der Waals surface area contributed by atoms with E-state index < -0.39 is 40.1 Å². The minimum atomic E-state index is -4.85. The van der Waals surface area contributed by atoms with Gasteiger partial charge in [0.25, 0.3) is 5.69 Å². The maximum atomic E-state index is 13.3. The molecule has 1 saturated carbocycles. The lowest BCUT2D eigenvalue weighted by atomic mass is 9.92. The van der Waals surface area contributed by atoms with Gasteiger partial charge in [-0.3, -0.25) is 10.1 Å². The molecule has 2 fully saturated rings. The number of anilines is 3. The highest BCUT2D eigenvalue weighted by molar-refractivity contribution is 5.89. The summed E-state index contributed by atoms with van der Waals surface area (Å²) in [5.41, 5.74) is -1.81. The number of aromatic nitrogens is 1. The first-order chi connectivity index (χ1) is 21.8. The Bertz CT molecular complexity index is 1540. The Kier molecular flexibility index (Phi) is 9.44. The van der Waals surface area contributed by atoms with Gasteiger partial charge in [0, 0.05) is 67.6 Å². The molecule has 10 nitrogen and oxygen atoms in total. The zero-order valence-electron chi connectivity index (χ0n) is 24.3. The van der Waals surface area contributed by atoms with Gasteiger partial charge < -0.3 is 25.2 Å². The van der Waals surface area contributed by atoms with Gasteiger partial charge in [-0.05, 0) is 68.1 Å². The van der Waals surface area contributed by atoms with Crippen LogP contribution in [-0.2, 0) is 12.4 Å². The first-order valence-electron chi connectivity index (χ1n) is 14.5. The molecule has 1 aliphatic heterocycles. The molecule has 2 amide bonds. The number of benzene rings is 2. The van der Waals surface area contributed by atoms with E-state index >= 15 is 0 Å². The fourth-order valence-corrected chi connectivity index (χ4v) is 5.52. The lowest BCUT2D eigenvalue weighted by molar-refractivity contribution is -0.388. The SMILES string of the molecule is O=C(Nc1ccc(C(F)(F)F)cc1)N1CCN(c2ccnc(O[C@H]3CC[C@H](Nc4ccc([N+](=O)[O-])c(C(F)(F)F)c4)CC3)c2)CC1. The number of piperazine rings is 1. The van der Waals surface area contributed by atoms with Crippen molar-refractivity contribution in [3.8, 4) is 5.88 Å². The standard InChI is InChI=1S/C30H30F6N6O4/c31-29(32,33)19-1-3-21(4-2-19)39-28(43)41-15-13-40(14-16-41)23-11-12-37-27(18-23)46-24-8-5-20(6-9-24)38-22-7-10-26(42(44)45)25(17-22)30(34,35)36/h1-4,7,10-12,17-18,20,24,38H,5-6,8-9,13-16H2,(H,39,43)/t20-,24-. The van der Waals surface area contributed by atoms with E-state index in [0.29, 0.717) is 57.7 Å². The number of rotatable bonds is 7. The topological polar surface area (TPSA) is 113 Å². The van der Waals surface area contributed by atoms with Crippen LogP contribution < -0.4 is 20.3 Å². The number of nitro groups is 1. The third-order valence-electron chi connectivity index (χ3n) is 7.95. The molecule has 0 spiro atoms. The molecule has 0 radical (unpaired) electrons. The molecular formula is C30H30F6N6O4. The van der Waals surface area contributed by atoms with Crippen LogP contribution in [-0.4, -0.2) is 59.2 Å². The number of nitrogens with one attached hydrogen (secondary N) is 2. The van der Waals surface area contributed by atoms with E-state index in [4.69, 9.17) is 4.74 Å².